The van der Waals surface area contributed by atoms with Crippen molar-refractivity contribution in [1.82, 2.24) is 24.5 Å². The highest BCUT2D eigenvalue weighted by Crippen LogP contribution is 2.34. The molecule has 0 spiro atoms. The Balaban J connectivity index is 1.83. The zero-order chi connectivity index (χ0) is 16.8. The number of hydrogen-bond donors (Lipinski definition) is 1. The molecule has 0 unspecified atom stereocenters. The third-order valence-electron chi connectivity index (χ3n) is 4.30. The lowest BCUT2D eigenvalue weighted by Gasteiger charge is -2.04. The highest BCUT2D eigenvalue weighted by Gasteiger charge is 2.16. The van der Waals surface area contributed by atoms with Crippen LogP contribution in [-0.2, 0) is 0 Å². The first-order chi connectivity index (χ1) is 12.3. The Kier molecular flexibility index (Phi) is 3.08. The molecule has 25 heavy (non-hydrogen) atoms. The molecule has 5 rings (SSSR count). The molecule has 3 heterocycles. The van der Waals surface area contributed by atoms with Gasteiger partial charge < -0.3 is 9.55 Å². The number of H-pyrrole nitrogens is 1. The number of aromatic amines is 1. The van der Waals surface area contributed by atoms with E-state index in [1.54, 1.807) is 6.33 Å². The monoisotopic (exact) mass is 345 g/mol. The van der Waals surface area contributed by atoms with E-state index in [4.69, 9.17) is 11.6 Å². The molecule has 0 aliphatic heterocycles. The maximum absolute atomic E-state index is 6.40. The lowest BCUT2D eigenvalue weighted by atomic mass is 10.1. The van der Waals surface area contributed by atoms with Gasteiger partial charge in [-0.25, -0.2) is 15.0 Å². The topological polar surface area (TPSA) is 59.4 Å². The number of hydrogen-bond acceptors (Lipinski definition) is 3. The fourth-order valence-electron chi connectivity index (χ4n) is 3.13. The molecule has 6 heteroatoms. The average Bonchev–Trinajstić information content (AvgIpc) is 3.27. The summed E-state index contributed by atoms with van der Waals surface area (Å²) in [7, 11) is 0. The average molecular weight is 346 g/mol. The summed E-state index contributed by atoms with van der Waals surface area (Å²) in [5, 5.41) is 0.431. The van der Waals surface area contributed by atoms with Crippen LogP contribution < -0.4 is 0 Å². The fourth-order valence-corrected chi connectivity index (χ4v) is 3.35. The number of nitrogens with zero attached hydrogens (tertiary/aromatic N) is 4. The van der Waals surface area contributed by atoms with E-state index in [0.29, 0.717) is 5.15 Å². The molecular formula is C19H12ClN5. The van der Waals surface area contributed by atoms with Crippen molar-refractivity contribution >= 4 is 33.7 Å². The number of aromatic nitrogens is 5. The van der Waals surface area contributed by atoms with Crippen LogP contribution in [0.25, 0.3) is 38.9 Å². The summed E-state index contributed by atoms with van der Waals surface area (Å²) in [6.07, 6.45) is 5.24. The summed E-state index contributed by atoms with van der Waals surface area (Å²) in [4.78, 5) is 16.1. The van der Waals surface area contributed by atoms with Gasteiger partial charge in [-0.15, -0.1) is 0 Å². The molecule has 0 atom stereocenters. The van der Waals surface area contributed by atoms with E-state index in [0.717, 1.165) is 38.9 Å². The number of rotatable bonds is 2. The summed E-state index contributed by atoms with van der Waals surface area (Å²) < 4.78 is 2.03. The van der Waals surface area contributed by atoms with Crippen LogP contribution in [0.5, 0.6) is 0 Å². The Morgan fingerprint density at radius 1 is 0.960 bits per heavy atom. The molecule has 0 fully saturated rings. The molecule has 5 aromatic rings. The number of halogens is 1. The van der Waals surface area contributed by atoms with E-state index >= 15 is 0 Å². The predicted octanol–water partition coefficient (Wildman–Crippen LogP) is 4.62. The number of nitrogens with one attached hydrogen (secondary N) is 1. The Labute approximate surface area is 147 Å². The van der Waals surface area contributed by atoms with Gasteiger partial charge in [0.25, 0.3) is 0 Å². The van der Waals surface area contributed by atoms with Crippen LogP contribution in [0.2, 0.25) is 5.15 Å². The number of benzene rings is 2. The molecule has 0 bridgehead atoms. The second-order valence-corrected chi connectivity index (χ2v) is 6.10. The van der Waals surface area contributed by atoms with Gasteiger partial charge in [-0.3, -0.25) is 0 Å². The molecular weight excluding hydrogens is 334 g/mol. The van der Waals surface area contributed by atoms with Crippen LogP contribution in [0.4, 0.5) is 0 Å². The van der Waals surface area contributed by atoms with E-state index < -0.39 is 0 Å². The molecule has 3 aromatic heterocycles. The van der Waals surface area contributed by atoms with Crippen molar-refractivity contribution in [3.63, 3.8) is 0 Å². The van der Waals surface area contributed by atoms with Gasteiger partial charge in [0.05, 0.1) is 17.4 Å². The fraction of sp³-hybridized carbons (Fsp3) is 0. The smallest absolute Gasteiger partial charge is 0.157 e. The van der Waals surface area contributed by atoms with Crippen LogP contribution in [0.3, 0.4) is 0 Å². The van der Waals surface area contributed by atoms with Gasteiger partial charge in [0.1, 0.15) is 17.4 Å². The van der Waals surface area contributed by atoms with E-state index in [1.165, 1.54) is 6.33 Å². The summed E-state index contributed by atoms with van der Waals surface area (Å²) in [6, 6.07) is 16.2. The van der Waals surface area contributed by atoms with Crippen LogP contribution in [0.1, 0.15) is 0 Å². The minimum Gasteiger partial charge on any atom is -0.345 e. The van der Waals surface area contributed by atoms with Crippen LogP contribution in [-0.4, -0.2) is 24.5 Å². The molecule has 0 amide bonds. The Morgan fingerprint density at radius 3 is 2.72 bits per heavy atom. The second kappa shape index (κ2) is 5.43. The molecule has 0 saturated carbocycles. The van der Waals surface area contributed by atoms with Crippen molar-refractivity contribution in [3.05, 3.63) is 72.5 Å². The van der Waals surface area contributed by atoms with Gasteiger partial charge in [0.2, 0.25) is 0 Å². The summed E-state index contributed by atoms with van der Waals surface area (Å²) in [6.45, 7) is 0. The normalized spacial score (nSPS) is 11.4. The Morgan fingerprint density at radius 2 is 1.84 bits per heavy atom. The van der Waals surface area contributed by atoms with E-state index in [2.05, 4.69) is 26.0 Å². The van der Waals surface area contributed by atoms with Crippen molar-refractivity contribution in [3.8, 4) is 16.8 Å². The Bertz CT molecular complexity index is 1210. The standard InChI is InChI=1S/C19H12ClN5/c20-19-18-17(23-11-24-19)14(9-25(18)13-4-2-1-3-5-13)12-6-7-15-16(8-12)22-10-21-15/h1-11H,(H,21,22). The Hall–Kier alpha value is -3.18. The second-order valence-electron chi connectivity index (χ2n) is 5.74. The van der Waals surface area contributed by atoms with Gasteiger partial charge in [0.15, 0.2) is 5.15 Å². The third kappa shape index (κ3) is 2.21. The molecule has 0 radical (unpaired) electrons. The van der Waals surface area contributed by atoms with E-state index in [9.17, 15) is 0 Å². The minimum atomic E-state index is 0.431. The van der Waals surface area contributed by atoms with Crippen molar-refractivity contribution in [1.29, 1.82) is 0 Å². The zero-order valence-corrected chi connectivity index (χ0v) is 13.8. The summed E-state index contributed by atoms with van der Waals surface area (Å²) in [5.41, 5.74) is 6.58. The van der Waals surface area contributed by atoms with Crippen LogP contribution in [0.15, 0.2) is 67.4 Å². The van der Waals surface area contributed by atoms with Gasteiger partial charge in [-0.1, -0.05) is 35.9 Å². The van der Waals surface area contributed by atoms with Crippen LogP contribution in [0, 0.1) is 0 Å². The van der Waals surface area contributed by atoms with E-state index in [1.807, 2.05) is 53.2 Å². The maximum Gasteiger partial charge on any atom is 0.157 e. The van der Waals surface area contributed by atoms with Crippen LogP contribution >= 0.6 is 11.6 Å². The highest BCUT2D eigenvalue weighted by molar-refractivity contribution is 6.34. The molecule has 0 aliphatic rings. The highest BCUT2D eigenvalue weighted by atomic mass is 35.5. The quantitative estimate of drug-likeness (QED) is 0.475. The van der Waals surface area contributed by atoms with E-state index in [-0.39, 0.29) is 0 Å². The first kappa shape index (κ1) is 14.2. The molecule has 2 aromatic carbocycles. The van der Waals surface area contributed by atoms with Gasteiger partial charge in [0, 0.05) is 17.4 Å². The number of imidazole rings is 1. The van der Waals surface area contributed by atoms with Crippen molar-refractivity contribution < 1.29 is 0 Å². The maximum atomic E-state index is 6.40. The molecule has 120 valence electrons. The molecule has 0 saturated heterocycles. The molecule has 1 N–H and O–H groups in total. The van der Waals surface area contributed by atoms with Crippen molar-refractivity contribution in [2.75, 3.05) is 0 Å². The summed E-state index contributed by atoms with van der Waals surface area (Å²) >= 11 is 6.40. The first-order valence-electron chi connectivity index (χ1n) is 7.82. The molecule has 5 nitrogen and oxygen atoms in total. The lowest BCUT2D eigenvalue weighted by Crippen LogP contribution is -1.93. The third-order valence-corrected chi connectivity index (χ3v) is 4.58. The van der Waals surface area contributed by atoms with Crippen molar-refractivity contribution in [2.45, 2.75) is 0 Å². The van der Waals surface area contributed by atoms with Gasteiger partial charge >= 0.3 is 0 Å². The largest absolute Gasteiger partial charge is 0.345 e. The number of para-hydroxylation sites is 1. The zero-order valence-electron chi connectivity index (χ0n) is 13.0. The SMILES string of the molecule is Clc1ncnc2c(-c3ccc4[nH]cnc4c3)cn(-c3ccccc3)c12. The van der Waals surface area contributed by atoms with Gasteiger partial charge in [-0.05, 0) is 29.8 Å². The van der Waals surface area contributed by atoms with Crippen molar-refractivity contribution in [2.24, 2.45) is 0 Å². The summed E-state index contributed by atoms with van der Waals surface area (Å²) in [5.74, 6) is 0. The van der Waals surface area contributed by atoms with Gasteiger partial charge in [-0.2, -0.15) is 0 Å². The minimum absolute atomic E-state index is 0.431. The number of fused-ring (bicyclic) bond motifs is 2. The lowest BCUT2D eigenvalue weighted by molar-refractivity contribution is 1.11. The molecule has 0 aliphatic carbocycles. The predicted molar refractivity (Wildman–Crippen MR) is 99.0 cm³/mol. The first-order valence-corrected chi connectivity index (χ1v) is 8.19.